The Bertz CT molecular complexity index is 823. The van der Waals surface area contributed by atoms with Gasteiger partial charge in [0, 0.05) is 29.9 Å². The minimum absolute atomic E-state index is 0.284. The molecule has 3 aromatic rings. The number of aromatic nitrogens is 1. The first-order chi connectivity index (χ1) is 11.8. The number of pyridine rings is 1. The normalized spacial score (nSPS) is 10.8. The maximum absolute atomic E-state index is 13.2. The number of benzene rings is 2. The van der Waals surface area contributed by atoms with E-state index in [9.17, 15) is 4.39 Å². The Morgan fingerprint density at radius 1 is 1.12 bits per heavy atom. The largest absolute Gasteiger partial charge is 0.497 e. The number of nitrogens with zero attached hydrogens (tertiary/aromatic N) is 1. The lowest BCUT2D eigenvalue weighted by Gasteiger charge is -2.10. The molecule has 0 saturated carbocycles. The third kappa shape index (κ3) is 4.00. The Balaban J connectivity index is 1.52. The average Bonchev–Trinajstić information content (AvgIpc) is 2.61. The number of hydrogen-bond acceptors (Lipinski definition) is 4. The molecule has 0 atom stereocenters. The average molecular weight is 326 g/mol. The third-order valence-electron chi connectivity index (χ3n) is 3.67. The van der Waals surface area contributed by atoms with E-state index in [1.807, 2.05) is 30.3 Å². The third-order valence-corrected chi connectivity index (χ3v) is 3.67. The van der Waals surface area contributed by atoms with E-state index in [0.29, 0.717) is 25.3 Å². The van der Waals surface area contributed by atoms with Crippen LogP contribution in [0, 0.1) is 5.82 Å². The van der Waals surface area contributed by atoms with Crippen LogP contribution in [0.15, 0.2) is 54.7 Å². The molecule has 0 unspecified atom stereocenters. The highest BCUT2D eigenvalue weighted by Crippen LogP contribution is 2.21. The highest BCUT2D eigenvalue weighted by molar-refractivity contribution is 5.90. The summed E-state index contributed by atoms with van der Waals surface area (Å²) in [5.41, 5.74) is 2.63. The van der Waals surface area contributed by atoms with Gasteiger partial charge in [0.05, 0.1) is 25.8 Å². The number of ether oxygens (including phenoxy) is 2. The van der Waals surface area contributed by atoms with Crippen LogP contribution < -0.4 is 10.1 Å². The molecule has 2 aromatic carbocycles. The Hall–Kier alpha value is -2.66. The van der Waals surface area contributed by atoms with Crippen molar-refractivity contribution in [3.8, 4) is 5.75 Å². The lowest BCUT2D eigenvalue weighted by molar-refractivity contribution is 0.130. The zero-order chi connectivity index (χ0) is 16.8. The molecule has 0 bridgehead atoms. The van der Waals surface area contributed by atoms with Crippen LogP contribution in [0.2, 0.25) is 0 Å². The number of anilines is 1. The fourth-order valence-corrected chi connectivity index (χ4v) is 2.49. The second-order valence-electron chi connectivity index (χ2n) is 5.35. The number of fused-ring (bicyclic) bond motifs is 1. The molecule has 0 spiro atoms. The zero-order valence-corrected chi connectivity index (χ0v) is 13.5. The summed E-state index contributed by atoms with van der Waals surface area (Å²) in [6, 6.07) is 14.3. The van der Waals surface area contributed by atoms with E-state index in [-0.39, 0.29) is 5.82 Å². The molecule has 0 saturated heterocycles. The lowest BCUT2D eigenvalue weighted by atomic mass is 10.2. The summed E-state index contributed by atoms with van der Waals surface area (Å²) >= 11 is 0. The molecule has 3 rings (SSSR count). The molecular weight excluding hydrogens is 307 g/mol. The van der Waals surface area contributed by atoms with Crippen molar-refractivity contribution in [2.75, 3.05) is 25.6 Å². The van der Waals surface area contributed by atoms with Crippen LogP contribution in [0.25, 0.3) is 10.9 Å². The maximum Gasteiger partial charge on any atom is 0.125 e. The highest BCUT2D eigenvalue weighted by atomic mass is 19.1. The number of halogens is 1. The molecule has 0 radical (unpaired) electrons. The molecule has 0 aliphatic heterocycles. The van der Waals surface area contributed by atoms with Gasteiger partial charge in [-0.3, -0.25) is 4.98 Å². The summed E-state index contributed by atoms with van der Waals surface area (Å²) in [5, 5.41) is 4.20. The van der Waals surface area contributed by atoms with Gasteiger partial charge in [0.2, 0.25) is 0 Å². The zero-order valence-electron chi connectivity index (χ0n) is 13.5. The summed E-state index contributed by atoms with van der Waals surface area (Å²) in [7, 11) is 1.65. The molecule has 4 nitrogen and oxygen atoms in total. The van der Waals surface area contributed by atoms with Gasteiger partial charge < -0.3 is 14.8 Å². The second kappa shape index (κ2) is 7.75. The molecule has 1 heterocycles. The fraction of sp³-hybridized carbons (Fsp3) is 0.211. The minimum Gasteiger partial charge on any atom is -0.497 e. The molecule has 0 aliphatic carbocycles. The predicted octanol–water partition coefficient (Wildman–Crippen LogP) is 4.01. The van der Waals surface area contributed by atoms with E-state index in [1.54, 1.807) is 19.4 Å². The first-order valence-corrected chi connectivity index (χ1v) is 7.75. The van der Waals surface area contributed by atoms with Crippen LogP contribution in [-0.4, -0.2) is 25.2 Å². The quantitative estimate of drug-likeness (QED) is 0.666. The monoisotopic (exact) mass is 326 g/mol. The molecule has 0 aliphatic rings. The number of methoxy groups -OCH3 is 1. The van der Waals surface area contributed by atoms with Crippen LogP contribution in [0.4, 0.5) is 10.1 Å². The van der Waals surface area contributed by atoms with Crippen molar-refractivity contribution in [1.29, 1.82) is 0 Å². The number of hydrogen-bond donors (Lipinski definition) is 1. The van der Waals surface area contributed by atoms with Gasteiger partial charge in [-0.05, 0) is 35.9 Å². The second-order valence-corrected chi connectivity index (χ2v) is 5.35. The first kappa shape index (κ1) is 16.2. The smallest absolute Gasteiger partial charge is 0.125 e. The summed E-state index contributed by atoms with van der Waals surface area (Å²) in [4.78, 5) is 4.18. The molecular formula is C19H19FN2O2. The van der Waals surface area contributed by atoms with E-state index in [2.05, 4.69) is 10.3 Å². The van der Waals surface area contributed by atoms with E-state index >= 15 is 0 Å². The van der Waals surface area contributed by atoms with E-state index in [4.69, 9.17) is 9.47 Å². The summed E-state index contributed by atoms with van der Waals surface area (Å²) in [5.74, 6) is 0.540. The van der Waals surface area contributed by atoms with Gasteiger partial charge in [-0.1, -0.05) is 12.1 Å². The van der Waals surface area contributed by atoms with E-state index < -0.39 is 0 Å². The molecule has 1 aromatic heterocycles. The lowest BCUT2D eigenvalue weighted by Crippen LogP contribution is -2.09. The van der Waals surface area contributed by atoms with Crippen LogP contribution in [0.3, 0.4) is 0 Å². The van der Waals surface area contributed by atoms with E-state index in [0.717, 1.165) is 22.4 Å². The Kier molecular flexibility index (Phi) is 5.23. The highest BCUT2D eigenvalue weighted by Gasteiger charge is 2.03. The van der Waals surface area contributed by atoms with Crippen molar-refractivity contribution < 1.29 is 13.9 Å². The molecule has 0 amide bonds. The molecule has 5 heteroatoms. The van der Waals surface area contributed by atoms with Crippen LogP contribution >= 0.6 is 0 Å². The van der Waals surface area contributed by atoms with Crippen LogP contribution in [0.1, 0.15) is 5.56 Å². The summed E-state index contributed by atoms with van der Waals surface area (Å²) in [6.07, 6.45) is 1.67. The molecule has 0 fully saturated rings. The van der Waals surface area contributed by atoms with Gasteiger partial charge in [-0.25, -0.2) is 4.39 Å². The van der Waals surface area contributed by atoms with Crippen molar-refractivity contribution in [3.05, 3.63) is 66.1 Å². The van der Waals surface area contributed by atoms with Gasteiger partial charge in [0.25, 0.3) is 0 Å². The topological polar surface area (TPSA) is 43.4 Å². The van der Waals surface area contributed by atoms with Crippen LogP contribution in [0.5, 0.6) is 5.75 Å². The van der Waals surface area contributed by atoms with Crippen molar-refractivity contribution in [1.82, 2.24) is 4.98 Å². The van der Waals surface area contributed by atoms with Gasteiger partial charge in [-0.15, -0.1) is 0 Å². The van der Waals surface area contributed by atoms with Crippen molar-refractivity contribution >= 4 is 16.6 Å². The van der Waals surface area contributed by atoms with E-state index in [1.165, 1.54) is 12.1 Å². The summed E-state index contributed by atoms with van der Waals surface area (Å²) < 4.78 is 24.1. The number of rotatable bonds is 7. The maximum atomic E-state index is 13.2. The fourth-order valence-electron chi connectivity index (χ4n) is 2.49. The molecule has 24 heavy (non-hydrogen) atoms. The Morgan fingerprint density at radius 3 is 2.92 bits per heavy atom. The molecule has 1 N–H and O–H groups in total. The Labute approximate surface area is 140 Å². The Morgan fingerprint density at radius 2 is 2.04 bits per heavy atom. The van der Waals surface area contributed by atoms with Gasteiger partial charge in [0.15, 0.2) is 0 Å². The standard InChI is InChI=1S/C19H19FN2O2/c1-23-16-4-2-3-14(11-16)13-24-10-9-22-18-7-8-21-19-12-15(20)5-6-17(18)19/h2-8,11-12H,9-10,13H2,1H3,(H,21,22). The minimum atomic E-state index is -0.284. The van der Waals surface area contributed by atoms with Crippen molar-refractivity contribution in [3.63, 3.8) is 0 Å². The number of nitrogens with one attached hydrogen (secondary N) is 1. The van der Waals surface area contributed by atoms with Crippen LogP contribution in [-0.2, 0) is 11.3 Å². The first-order valence-electron chi connectivity index (χ1n) is 7.75. The van der Waals surface area contributed by atoms with Gasteiger partial charge in [-0.2, -0.15) is 0 Å². The SMILES string of the molecule is COc1cccc(COCCNc2ccnc3cc(F)ccc23)c1. The summed E-state index contributed by atoms with van der Waals surface area (Å²) in [6.45, 7) is 1.74. The van der Waals surface area contributed by atoms with Crippen molar-refractivity contribution in [2.24, 2.45) is 0 Å². The predicted molar refractivity (Wildman–Crippen MR) is 92.8 cm³/mol. The van der Waals surface area contributed by atoms with Gasteiger partial charge >= 0.3 is 0 Å². The van der Waals surface area contributed by atoms with Gasteiger partial charge in [0.1, 0.15) is 11.6 Å². The van der Waals surface area contributed by atoms with Crippen molar-refractivity contribution in [2.45, 2.75) is 6.61 Å². The molecule has 124 valence electrons.